The molecule has 5 heteroatoms. The highest BCUT2D eigenvalue weighted by Crippen LogP contribution is 2.33. The molecular formula is C19H26N2O3. The van der Waals surface area contributed by atoms with E-state index in [1.165, 1.54) is 25.7 Å². The quantitative estimate of drug-likeness (QED) is 0.891. The summed E-state index contributed by atoms with van der Waals surface area (Å²) in [6.07, 6.45) is 7.13. The van der Waals surface area contributed by atoms with Crippen molar-refractivity contribution in [3.8, 4) is 5.75 Å². The van der Waals surface area contributed by atoms with E-state index in [-0.39, 0.29) is 18.1 Å². The molecule has 1 aromatic carbocycles. The Morgan fingerprint density at radius 1 is 1.17 bits per heavy atom. The van der Waals surface area contributed by atoms with Crippen molar-refractivity contribution in [2.45, 2.75) is 56.7 Å². The standard InChI is InChI=1S/C19H26N2O3/c22-19(18-11-13-3-1-2-4-17(13)21-18)20-14-5-7-15(8-6-14)24-16-9-10-23-12-16/h5-8,13,16-18,21H,1-4,9-12H2,(H,20,22). The first-order valence-corrected chi connectivity index (χ1v) is 9.19. The molecule has 2 heterocycles. The fraction of sp³-hybridized carbons (Fsp3) is 0.632. The van der Waals surface area contributed by atoms with Gasteiger partial charge in [-0.15, -0.1) is 0 Å². The summed E-state index contributed by atoms with van der Waals surface area (Å²) in [6, 6.07) is 8.13. The third kappa shape index (κ3) is 3.57. The zero-order chi connectivity index (χ0) is 16.4. The highest BCUT2D eigenvalue weighted by molar-refractivity contribution is 5.95. The fourth-order valence-corrected chi connectivity index (χ4v) is 4.17. The Labute approximate surface area is 143 Å². The van der Waals surface area contributed by atoms with Crippen LogP contribution in [0.15, 0.2) is 24.3 Å². The van der Waals surface area contributed by atoms with E-state index in [4.69, 9.17) is 9.47 Å². The summed E-state index contributed by atoms with van der Waals surface area (Å²) in [4.78, 5) is 12.5. The maximum atomic E-state index is 12.5. The molecule has 5 nitrogen and oxygen atoms in total. The Hall–Kier alpha value is -1.59. The number of rotatable bonds is 4. The minimum Gasteiger partial charge on any atom is -0.488 e. The second kappa shape index (κ2) is 7.11. The molecule has 0 bridgehead atoms. The van der Waals surface area contributed by atoms with Gasteiger partial charge in [0.1, 0.15) is 11.9 Å². The van der Waals surface area contributed by atoms with Gasteiger partial charge in [0.05, 0.1) is 19.3 Å². The largest absolute Gasteiger partial charge is 0.488 e. The molecule has 0 radical (unpaired) electrons. The van der Waals surface area contributed by atoms with Gasteiger partial charge in [-0.1, -0.05) is 12.8 Å². The van der Waals surface area contributed by atoms with E-state index in [0.717, 1.165) is 30.9 Å². The first-order chi connectivity index (χ1) is 11.8. The van der Waals surface area contributed by atoms with Crippen molar-refractivity contribution in [2.24, 2.45) is 5.92 Å². The molecule has 4 atom stereocenters. The normalized spacial score (nSPS) is 32.3. The lowest BCUT2D eigenvalue weighted by Gasteiger charge is -2.24. The van der Waals surface area contributed by atoms with Crippen molar-refractivity contribution < 1.29 is 14.3 Å². The number of amides is 1. The Bertz CT molecular complexity index is 554. The molecule has 2 saturated heterocycles. The number of carbonyl (C=O) groups is 1. The van der Waals surface area contributed by atoms with E-state index in [0.29, 0.717) is 18.6 Å². The van der Waals surface area contributed by atoms with Gasteiger partial charge in [0.15, 0.2) is 0 Å². The number of ether oxygens (including phenoxy) is 2. The zero-order valence-corrected chi connectivity index (χ0v) is 14.0. The molecule has 4 unspecified atom stereocenters. The Kier molecular flexibility index (Phi) is 4.72. The van der Waals surface area contributed by atoms with Gasteiger partial charge in [0.25, 0.3) is 0 Å². The van der Waals surface area contributed by atoms with Crippen LogP contribution in [0, 0.1) is 5.92 Å². The Balaban J connectivity index is 1.30. The molecule has 1 amide bonds. The van der Waals surface area contributed by atoms with Crippen LogP contribution in [0.4, 0.5) is 5.69 Å². The highest BCUT2D eigenvalue weighted by Gasteiger charge is 2.38. The maximum absolute atomic E-state index is 12.5. The van der Waals surface area contributed by atoms with E-state index in [9.17, 15) is 4.79 Å². The van der Waals surface area contributed by atoms with E-state index >= 15 is 0 Å². The topological polar surface area (TPSA) is 59.6 Å². The van der Waals surface area contributed by atoms with Crippen molar-refractivity contribution >= 4 is 11.6 Å². The second-order valence-corrected chi connectivity index (χ2v) is 7.22. The lowest BCUT2D eigenvalue weighted by molar-refractivity contribution is -0.117. The predicted octanol–water partition coefficient (Wildman–Crippen LogP) is 2.71. The zero-order valence-electron chi connectivity index (χ0n) is 14.0. The third-order valence-electron chi connectivity index (χ3n) is 5.49. The van der Waals surface area contributed by atoms with Crippen molar-refractivity contribution in [1.82, 2.24) is 5.32 Å². The molecule has 1 aromatic rings. The monoisotopic (exact) mass is 330 g/mol. The van der Waals surface area contributed by atoms with Gasteiger partial charge in [0, 0.05) is 18.2 Å². The lowest BCUT2D eigenvalue weighted by Crippen LogP contribution is -2.39. The number of anilines is 1. The molecule has 0 spiro atoms. The molecule has 130 valence electrons. The number of benzene rings is 1. The van der Waals surface area contributed by atoms with Crippen molar-refractivity contribution in [1.29, 1.82) is 0 Å². The van der Waals surface area contributed by atoms with Crippen LogP contribution >= 0.6 is 0 Å². The van der Waals surface area contributed by atoms with Crippen LogP contribution in [-0.4, -0.2) is 37.3 Å². The minimum absolute atomic E-state index is 0.0512. The average molecular weight is 330 g/mol. The van der Waals surface area contributed by atoms with E-state index in [1.807, 2.05) is 24.3 Å². The third-order valence-corrected chi connectivity index (χ3v) is 5.49. The molecule has 1 aliphatic carbocycles. The minimum atomic E-state index is -0.0512. The second-order valence-electron chi connectivity index (χ2n) is 7.22. The molecule has 4 rings (SSSR count). The summed E-state index contributed by atoms with van der Waals surface area (Å²) in [5.74, 6) is 1.59. The van der Waals surface area contributed by atoms with Gasteiger partial charge in [-0.05, 0) is 49.4 Å². The van der Waals surface area contributed by atoms with E-state index in [1.54, 1.807) is 0 Å². The molecule has 1 saturated carbocycles. The van der Waals surface area contributed by atoms with Crippen molar-refractivity contribution in [3.05, 3.63) is 24.3 Å². The smallest absolute Gasteiger partial charge is 0.241 e. The van der Waals surface area contributed by atoms with Gasteiger partial charge in [-0.2, -0.15) is 0 Å². The van der Waals surface area contributed by atoms with Gasteiger partial charge in [-0.3, -0.25) is 4.79 Å². The number of fused-ring (bicyclic) bond motifs is 1. The molecule has 3 fully saturated rings. The molecule has 24 heavy (non-hydrogen) atoms. The Morgan fingerprint density at radius 3 is 2.75 bits per heavy atom. The average Bonchev–Trinajstić information content (AvgIpc) is 3.25. The van der Waals surface area contributed by atoms with Crippen LogP contribution in [0.5, 0.6) is 5.75 Å². The summed E-state index contributed by atoms with van der Waals surface area (Å²) < 4.78 is 11.2. The molecule has 2 aliphatic heterocycles. The number of hydrogen-bond donors (Lipinski definition) is 2. The predicted molar refractivity (Wildman–Crippen MR) is 92.2 cm³/mol. The fourth-order valence-electron chi connectivity index (χ4n) is 4.17. The van der Waals surface area contributed by atoms with Crippen LogP contribution in [0.25, 0.3) is 0 Å². The molecule has 3 aliphatic rings. The van der Waals surface area contributed by atoms with Gasteiger partial charge in [-0.25, -0.2) is 0 Å². The summed E-state index contributed by atoms with van der Waals surface area (Å²) in [6.45, 7) is 1.43. The van der Waals surface area contributed by atoms with E-state index < -0.39 is 0 Å². The molecule has 2 N–H and O–H groups in total. The van der Waals surface area contributed by atoms with Crippen molar-refractivity contribution in [3.63, 3.8) is 0 Å². The summed E-state index contributed by atoms with van der Waals surface area (Å²) in [5, 5.41) is 6.55. The molecule has 0 aromatic heterocycles. The number of hydrogen-bond acceptors (Lipinski definition) is 4. The lowest BCUT2D eigenvalue weighted by atomic mass is 9.85. The summed E-state index contributed by atoms with van der Waals surface area (Å²) in [5.41, 5.74) is 0.826. The van der Waals surface area contributed by atoms with Crippen molar-refractivity contribution in [2.75, 3.05) is 18.5 Å². The number of nitrogens with one attached hydrogen (secondary N) is 2. The summed E-state index contributed by atoms with van der Waals surface area (Å²) in [7, 11) is 0. The first-order valence-electron chi connectivity index (χ1n) is 9.19. The molecular weight excluding hydrogens is 304 g/mol. The maximum Gasteiger partial charge on any atom is 0.241 e. The van der Waals surface area contributed by atoms with Gasteiger partial charge in [0.2, 0.25) is 5.91 Å². The SMILES string of the molecule is O=C(Nc1ccc(OC2CCOC2)cc1)C1CC2CCCCC2N1. The van der Waals surface area contributed by atoms with Crippen LogP contribution in [0.2, 0.25) is 0 Å². The van der Waals surface area contributed by atoms with Crippen LogP contribution < -0.4 is 15.4 Å². The van der Waals surface area contributed by atoms with E-state index in [2.05, 4.69) is 10.6 Å². The Morgan fingerprint density at radius 2 is 2.00 bits per heavy atom. The van der Waals surface area contributed by atoms with Crippen LogP contribution in [-0.2, 0) is 9.53 Å². The summed E-state index contributed by atoms with van der Waals surface area (Å²) >= 11 is 0. The number of carbonyl (C=O) groups excluding carboxylic acids is 1. The van der Waals surface area contributed by atoms with Gasteiger partial charge >= 0.3 is 0 Å². The van der Waals surface area contributed by atoms with Gasteiger partial charge < -0.3 is 20.1 Å². The van der Waals surface area contributed by atoms with Crippen LogP contribution in [0.3, 0.4) is 0 Å². The first kappa shape index (κ1) is 15.9. The highest BCUT2D eigenvalue weighted by atomic mass is 16.5. The van der Waals surface area contributed by atoms with Crippen LogP contribution in [0.1, 0.15) is 38.5 Å².